The summed E-state index contributed by atoms with van der Waals surface area (Å²) in [5, 5.41) is 2.72. The van der Waals surface area contributed by atoms with Gasteiger partial charge in [0.2, 0.25) is 5.91 Å². The average Bonchev–Trinajstić information content (AvgIpc) is 3.56. The molecule has 8 heteroatoms. The van der Waals surface area contributed by atoms with Gasteiger partial charge in [-0.15, -0.1) is 0 Å². The molecule has 1 saturated carbocycles. The van der Waals surface area contributed by atoms with Gasteiger partial charge in [0, 0.05) is 23.7 Å². The Labute approximate surface area is 185 Å². The molecular formula is C24H23FN4O3. The van der Waals surface area contributed by atoms with Crippen molar-refractivity contribution >= 4 is 34.9 Å². The monoisotopic (exact) mass is 434 g/mol. The highest BCUT2D eigenvalue weighted by Crippen LogP contribution is 2.38. The van der Waals surface area contributed by atoms with Gasteiger partial charge in [0.25, 0.3) is 5.91 Å². The molecule has 2 fully saturated rings. The van der Waals surface area contributed by atoms with Gasteiger partial charge in [0.05, 0.1) is 12.3 Å². The Morgan fingerprint density at radius 1 is 1.19 bits per heavy atom. The number of carbonyl (C=O) groups is 3. The molecule has 4 amide bonds. The van der Waals surface area contributed by atoms with Crippen molar-refractivity contribution in [2.45, 2.75) is 45.7 Å². The quantitative estimate of drug-likeness (QED) is 0.558. The van der Waals surface area contributed by atoms with Crippen LogP contribution in [0.3, 0.4) is 0 Å². The third-order valence-corrected chi connectivity index (χ3v) is 5.92. The lowest BCUT2D eigenvalue weighted by molar-refractivity contribution is -0.122. The molecule has 1 N–H and O–H groups in total. The zero-order valence-electron chi connectivity index (χ0n) is 18.1. The van der Waals surface area contributed by atoms with Gasteiger partial charge in [-0.1, -0.05) is 12.1 Å². The maximum absolute atomic E-state index is 14.8. The van der Waals surface area contributed by atoms with Gasteiger partial charge in [-0.2, -0.15) is 0 Å². The van der Waals surface area contributed by atoms with Crippen molar-refractivity contribution in [2.75, 3.05) is 9.80 Å². The first-order chi connectivity index (χ1) is 15.1. The first kappa shape index (κ1) is 21.5. The van der Waals surface area contributed by atoms with Crippen LogP contribution >= 0.6 is 0 Å². The number of imide groups is 1. The molecule has 164 valence electrons. The van der Waals surface area contributed by atoms with E-state index in [4.69, 9.17) is 6.57 Å². The van der Waals surface area contributed by atoms with E-state index in [9.17, 15) is 18.8 Å². The van der Waals surface area contributed by atoms with Gasteiger partial charge in [-0.25, -0.2) is 18.9 Å². The highest BCUT2D eigenvalue weighted by molar-refractivity contribution is 6.30. The summed E-state index contributed by atoms with van der Waals surface area (Å²) in [6.07, 6.45) is 1.73. The third kappa shape index (κ3) is 3.60. The summed E-state index contributed by atoms with van der Waals surface area (Å²) in [6.45, 7) is 12.2. The lowest BCUT2D eigenvalue weighted by atomic mass is 10.0. The second-order valence-corrected chi connectivity index (χ2v) is 8.67. The predicted octanol–water partition coefficient (Wildman–Crippen LogP) is 4.46. The lowest BCUT2D eigenvalue weighted by Crippen LogP contribution is -2.44. The summed E-state index contributed by atoms with van der Waals surface area (Å²) in [6, 6.07) is 8.45. The van der Waals surface area contributed by atoms with Crippen molar-refractivity contribution in [3.63, 3.8) is 0 Å². The highest BCUT2D eigenvalue weighted by Gasteiger charge is 2.52. The van der Waals surface area contributed by atoms with E-state index in [-0.39, 0.29) is 24.1 Å². The number of nitrogens with one attached hydrogen (secondary N) is 1. The zero-order chi connectivity index (χ0) is 23.2. The molecule has 0 spiro atoms. The lowest BCUT2D eigenvalue weighted by Gasteiger charge is -2.28. The number of halogens is 1. The normalized spacial score (nSPS) is 17.5. The molecule has 1 saturated heterocycles. The van der Waals surface area contributed by atoms with Crippen molar-refractivity contribution in [1.29, 1.82) is 0 Å². The van der Waals surface area contributed by atoms with Crippen molar-refractivity contribution in [1.82, 2.24) is 5.32 Å². The standard InChI is InChI=1S/C24H23FN4O3/c1-14-11-17(9-10-20(14)26-4)28-22(31)24(2,3)29(23(28)32)18-8-7-16(19(25)12-18)13-27-21(30)15-5-6-15/h7-12,15H,5-6,13H2,1-3H3,(H,27,30). The second kappa shape index (κ2) is 7.75. The molecule has 0 atom stereocenters. The molecule has 0 unspecified atom stereocenters. The third-order valence-electron chi connectivity index (χ3n) is 5.92. The van der Waals surface area contributed by atoms with E-state index < -0.39 is 23.3 Å². The fraction of sp³-hybridized carbons (Fsp3) is 0.333. The molecule has 2 aliphatic rings. The van der Waals surface area contributed by atoms with Crippen LogP contribution in [-0.4, -0.2) is 23.4 Å². The minimum atomic E-state index is -1.24. The van der Waals surface area contributed by atoms with Gasteiger partial charge in [0.1, 0.15) is 11.4 Å². The topological polar surface area (TPSA) is 74.1 Å². The van der Waals surface area contributed by atoms with Crippen LogP contribution < -0.4 is 15.1 Å². The Kier molecular flexibility index (Phi) is 5.21. The Balaban J connectivity index is 1.61. The van der Waals surface area contributed by atoms with Crippen LogP contribution in [0.15, 0.2) is 36.4 Å². The maximum atomic E-state index is 14.8. The number of benzene rings is 2. The Bertz CT molecular complexity index is 1180. The number of hydrogen-bond donors (Lipinski definition) is 1. The van der Waals surface area contributed by atoms with Crippen LogP contribution in [0.1, 0.15) is 37.8 Å². The molecule has 0 aromatic heterocycles. The molecule has 32 heavy (non-hydrogen) atoms. The van der Waals surface area contributed by atoms with E-state index in [2.05, 4.69) is 10.2 Å². The predicted molar refractivity (Wildman–Crippen MR) is 118 cm³/mol. The van der Waals surface area contributed by atoms with Gasteiger partial charge in [-0.05, 0) is 63.4 Å². The number of amides is 4. The van der Waals surface area contributed by atoms with Gasteiger partial charge < -0.3 is 5.32 Å². The van der Waals surface area contributed by atoms with Gasteiger partial charge in [-0.3, -0.25) is 14.5 Å². The Hall–Kier alpha value is -3.73. The summed E-state index contributed by atoms with van der Waals surface area (Å²) < 4.78 is 14.8. The number of nitrogens with zero attached hydrogens (tertiary/aromatic N) is 3. The van der Waals surface area contributed by atoms with E-state index >= 15 is 0 Å². The minimum absolute atomic E-state index is 0.0323. The Morgan fingerprint density at radius 3 is 2.47 bits per heavy atom. The van der Waals surface area contributed by atoms with Crippen LogP contribution in [-0.2, 0) is 16.1 Å². The van der Waals surface area contributed by atoms with Crippen molar-refractivity contribution < 1.29 is 18.8 Å². The molecule has 0 bridgehead atoms. The first-order valence-electron chi connectivity index (χ1n) is 10.4. The smallest absolute Gasteiger partial charge is 0.336 e. The summed E-state index contributed by atoms with van der Waals surface area (Å²) >= 11 is 0. The van der Waals surface area contributed by atoms with Crippen LogP contribution in [0.2, 0.25) is 0 Å². The summed E-state index contributed by atoms with van der Waals surface area (Å²) in [4.78, 5) is 44.0. The largest absolute Gasteiger partial charge is 0.352 e. The number of aryl methyl sites for hydroxylation is 1. The van der Waals surface area contributed by atoms with Crippen molar-refractivity contribution in [3.05, 3.63) is 64.8 Å². The van der Waals surface area contributed by atoms with E-state index in [1.807, 2.05) is 0 Å². The van der Waals surface area contributed by atoms with Crippen LogP contribution in [0.4, 0.5) is 26.2 Å². The van der Waals surface area contributed by atoms with Crippen LogP contribution in [0.25, 0.3) is 4.85 Å². The van der Waals surface area contributed by atoms with Crippen LogP contribution in [0.5, 0.6) is 0 Å². The molecule has 1 aliphatic carbocycles. The van der Waals surface area contributed by atoms with Crippen molar-refractivity contribution in [3.8, 4) is 0 Å². The minimum Gasteiger partial charge on any atom is -0.352 e. The number of anilines is 2. The highest BCUT2D eigenvalue weighted by atomic mass is 19.1. The molecule has 0 radical (unpaired) electrons. The summed E-state index contributed by atoms with van der Waals surface area (Å²) in [5.41, 5.74) is 0.770. The molecule has 2 aromatic carbocycles. The first-order valence-corrected chi connectivity index (χ1v) is 10.4. The summed E-state index contributed by atoms with van der Waals surface area (Å²) in [7, 11) is 0. The van der Waals surface area contributed by atoms with Gasteiger partial charge >= 0.3 is 6.03 Å². The molecule has 1 aliphatic heterocycles. The average molecular weight is 434 g/mol. The number of hydrogen-bond acceptors (Lipinski definition) is 3. The fourth-order valence-electron chi connectivity index (χ4n) is 3.85. The SMILES string of the molecule is [C-]#[N+]c1ccc(N2C(=O)N(c3ccc(CNC(=O)C4CC4)c(F)c3)C(C)(C)C2=O)cc1C. The van der Waals surface area contributed by atoms with E-state index in [1.165, 1.54) is 17.0 Å². The zero-order valence-corrected chi connectivity index (χ0v) is 18.1. The molecule has 4 rings (SSSR count). The Morgan fingerprint density at radius 2 is 1.88 bits per heavy atom. The maximum Gasteiger partial charge on any atom is 0.336 e. The molecule has 7 nitrogen and oxygen atoms in total. The summed E-state index contributed by atoms with van der Waals surface area (Å²) in [5.74, 6) is -1.06. The fourth-order valence-corrected chi connectivity index (χ4v) is 3.85. The molecule has 1 heterocycles. The van der Waals surface area contributed by atoms with E-state index in [0.717, 1.165) is 17.7 Å². The second-order valence-electron chi connectivity index (χ2n) is 8.67. The van der Waals surface area contributed by atoms with E-state index in [1.54, 1.807) is 45.0 Å². The number of carbonyl (C=O) groups excluding carboxylic acids is 3. The molecular weight excluding hydrogens is 411 g/mol. The van der Waals surface area contributed by atoms with Crippen LogP contribution in [0, 0.1) is 25.2 Å². The number of rotatable bonds is 5. The molecule has 2 aromatic rings. The van der Waals surface area contributed by atoms with Crippen molar-refractivity contribution in [2.24, 2.45) is 5.92 Å². The van der Waals surface area contributed by atoms with E-state index in [0.29, 0.717) is 22.5 Å². The number of urea groups is 1. The van der Waals surface area contributed by atoms with Gasteiger partial charge in [0.15, 0.2) is 5.69 Å².